The topological polar surface area (TPSA) is 53.6 Å². The van der Waals surface area contributed by atoms with Gasteiger partial charge in [-0.2, -0.15) is 10.1 Å². The molecule has 1 aromatic heterocycles. The third-order valence-electron chi connectivity index (χ3n) is 0.654. The van der Waals surface area contributed by atoms with Crippen LogP contribution in [0.3, 0.4) is 0 Å². The maximum atomic E-state index is 3.76. The highest BCUT2D eigenvalue weighted by Gasteiger charge is 1.84. The van der Waals surface area contributed by atoms with Gasteiger partial charge in [-0.15, -0.1) is 0 Å². The molecule has 2 N–H and O–H groups in total. The van der Waals surface area contributed by atoms with Crippen molar-refractivity contribution >= 4 is 5.95 Å². The summed E-state index contributed by atoms with van der Waals surface area (Å²) in [6, 6.07) is 0. The summed E-state index contributed by atoms with van der Waals surface area (Å²) >= 11 is 0. The monoisotopic (exact) mass is 110 g/mol. The number of hydrogen-bond donors (Lipinski definition) is 2. The van der Waals surface area contributed by atoms with Crippen molar-refractivity contribution in [2.45, 2.75) is 0 Å². The van der Waals surface area contributed by atoms with Crippen molar-refractivity contribution < 1.29 is 0 Å². The van der Waals surface area contributed by atoms with Gasteiger partial charge in [0.25, 0.3) is 0 Å². The van der Waals surface area contributed by atoms with Gasteiger partial charge in [-0.05, 0) is 6.20 Å². The molecule has 0 amide bonds. The predicted molar refractivity (Wildman–Crippen MR) is 30.2 cm³/mol. The summed E-state index contributed by atoms with van der Waals surface area (Å²) in [4.78, 5) is 3.76. The first-order chi connectivity index (χ1) is 3.93. The van der Waals surface area contributed by atoms with Crippen molar-refractivity contribution in [2.24, 2.45) is 0 Å². The van der Waals surface area contributed by atoms with E-state index in [4.69, 9.17) is 0 Å². The van der Waals surface area contributed by atoms with E-state index in [9.17, 15) is 0 Å². The molecule has 0 unspecified atom stereocenters. The zero-order valence-electron chi connectivity index (χ0n) is 4.26. The van der Waals surface area contributed by atoms with E-state index < -0.39 is 0 Å². The van der Waals surface area contributed by atoms with E-state index in [0.29, 0.717) is 5.95 Å². The Morgan fingerprint density at radius 1 is 1.88 bits per heavy atom. The van der Waals surface area contributed by atoms with Crippen LogP contribution in [-0.4, -0.2) is 15.2 Å². The maximum absolute atomic E-state index is 3.76. The van der Waals surface area contributed by atoms with Crippen LogP contribution in [0.25, 0.3) is 0 Å². The standard InChI is InChI=1S/C4H6N4/c1-2-5-4-6-3-7-8-4/h2-3H,1H2,(H2,5,6,7,8). The van der Waals surface area contributed by atoms with E-state index in [2.05, 4.69) is 27.1 Å². The number of nitrogens with zero attached hydrogens (tertiary/aromatic N) is 2. The molecule has 0 radical (unpaired) electrons. The summed E-state index contributed by atoms with van der Waals surface area (Å²) in [6.07, 6.45) is 2.95. The molecular weight excluding hydrogens is 104 g/mol. The third-order valence-corrected chi connectivity index (χ3v) is 0.654. The molecule has 4 nitrogen and oxygen atoms in total. The largest absolute Gasteiger partial charge is 0.332 e. The van der Waals surface area contributed by atoms with Gasteiger partial charge >= 0.3 is 0 Å². The van der Waals surface area contributed by atoms with Crippen molar-refractivity contribution in [2.75, 3.05) is 5.32 Å². The van der Waals surface area contributed by atoms with Crippen molar-refractivity contribution in [3.8, 4) is 0 Å². The summed E-state index contributed by atoms with van der Waals surface area (Å²) in [5.41, 5.74) is 0. The van der Waals surface area contributed by atoms with Crippen LogP contribution in [0.1, 0.15) is 0 Å². The average Bonchev–Trinajstić information content (AvgIpc) is 2.19. The Balaban J connectivity index is 2.62. The van der Waals surface area contributed by atoms with E-state index >= 15 is 0 Å². The molecule has 0 aromatic carbocycles. The molecule has 0 fully saturated rings. The molecule has 0 aliphatic rings. The van der Waals surface area contributed by atoms with Gasteiger partial charge in [0.05, 0.1) is 0 Å². The summed E-state index contributed by atoms with van der Waals surface area (Å²) in [5, 5.41) is 8.91. The van der Waals surface area contributed by atoms with Gasteiger partial charge in [-0.1, -0.05) is 6.58 Å². The smallest absolute Gasteiger partial charge is 0.222 e. The first-order valence-corrected chi connectivity index (χ1v) is 2.16. The minimum atomic E-state index is 0.611. The second-order valence-corrected chi connectivity index (χ2v) is 1.18. The first kappa shape index (κ1) is 4.83. The summed E-state index contributed by atoms with van der Waals surface area (Å²) in [5.74, 6) is 0.611. The third kappa shape index (κ3) is 0.841. The zero-order valence-corrected chi connectivity index (χ0v) is 4.26. The zero-order chi connectivity index (χ0) is 5.82. The first-order valence-electron chi connectivity index (χ1n) is 2.16. The van der Waals surface area contributed by atoms with Crippen molar-refractivity contribution in [3.05, 3.63) is 19.1 Å². The van der Waals surface area contributed by atoms with E-state index in [-0.39, 0.29) is 0 Å². The SMILES string of the molecule is C=CNc1ncn[nH]1. The second kappa shape index (κ2) is 2.11. The minimum Gasteiger partial charge on any atom is -0.332 e. The van der Waals surface area contributed by atoms with Crippen LogP contribution in [0.4, 0.5) is 5.95 Å². The molecule has 0 atom stereocenters. The molecule has 1 aromatic rings. The highest BCUT2D eigenvalue weighted by Crippen LogP contribution is 1.88. The lowest BCUT2D eigenvalue weighted by Gasteiger charge is -1.86. The van der Waals surface area contributed by atoms with Crippen molar-refractivity contribution in [1.82, 2.24) is 15.2 Å². The van der Waals surface area contributed by atoms with E-state index in [1.807, 2.05) is 0 Å². The molecule has 0 spiro atoms. The Labute approximate surface area is 46.6 Å². The van der Waals surface area contributed by atoms with Gasteiger partial charge in [-0.25, -0.2) is 5.10 Å². The Morgan fingerprint density at radius 2 is 2.75 bits per heavy atom. The molecule has 0 bridgehead atoms. The summed E-state index contributed by atoms with van der Waals surface area (Å²) < 4.78 is 0. The molecule has 1 rings (SSSR count). The van der Waals surface area contributed by atoms with Gasteiger partial charge in [0.15, 0.2) is 0 Å². The fourth-order valence-electron chi connectivity index (χ4n) is 0.372. The van der Waals surface area contributed by atoms with Crippen molar-refractivity contribution in [3.63, 3.8) is 0 Å². The fourth-order valence-corrected chi connectivity index (χ4v) is 0.372. The average molecular weight is 110 g/mol. The molecule has 0 aliphatic carbocycles. The Bertz CT molecular complexity index is 155. The van der Waals surface area contributed by atoms with E-state index in [1.165, 1.54) is 12.5 Å². The Morgan fingerprint density at radius 3 is 3.25 bits per heavy atom. The quantitative estimate of drug-likeness (QED) is 0.578. The maximum Gasteiger partial charge on any atom is 0.222 e. The van der Waals surface area contributed by atoms with Crippen LogP contribution >= 0.6 is 0 Å². The normalized spacial score (nSPS) is 8.50. The minimum absolute atomic E-state index is 0.611. The van der Waals surface area contributed by atoms with Gasteiger partial charge in [0, 0.05) is 0 Å². The number of hydrogen-bond acceptors (Lipinski definition) is 3. The van der Waals surface area contributed by atoms with E-state index in [0.717, 1.165) is 0 Å². The molecule has 0 saturated carbocycles. The van der Waals surface area contributed by atoms with Gasteiger partial charge in [0.1, 0.15) is 6.33 Å². The van der Waals surface area contributed by atoms with Crippen LogP contribution in [0.15, 0.2) is 19.1 Å². The van der Waals surface area contributed by atoms with Gasteiger partial charge in [-0.3, -0.25) is 0 Å². The van der Waals surface area contributed by atoms with Crippen LogP contribution in [0, 0.1) is 0 Å². The molecule has 0 saturated heterocycles. The lowest BCUT2D eigenvalue weighted by atomic mass is 10.9. The number of H-pyrrole nitrogens is 1. The number of nitrogens with one attached hydrogen (secondary N) is 2. The molecule has 42 valence electrons. The number of anilines is 1. The van der Waals surface area contributed by atoms with Crippen LogP contribution in [0.2, 0.25) is 0 Å². The molecule has 1 heterocycles. The number of rotatable bonds is 2. The predicted octanol–water partition coefficient (Wildman–Crippen LogP) is 0.360. The lowest BCUT2D eigenvalue weighted by Crippen LogP contribution is -1.86. The number of aromatic nitrogens is 3. The van der Waals surface area contributed by atoms with Crippen LogP contribution in [-0.2, 0) is 0 Å². The van der Waals surface area contributed by atoms with Gasteiger partial charge < -0.3 is 5.32 Å². The Hall–Kier alpha value is -1.32. The molecular formula is C4H6N4. The van der Waals surface area contributed by atoms with E-state index in [1.54, 1.807) is 0 Å². The molecule has 8 heavy (non-hydrogen) atoms. The molecule has 4 heteroatoms. The highest BCUT2D eigenvalue weighted by molar-refractivity contribution is 5.24. The lowest BCUT2D eigenvalue weighted by molar-refractivity contribution is 1.09. The Kier molecular flexibility index (Phi) is 1.27. The van der Waals surface area contributed by atoms with Crippen LogP contribution < -0.4 is 5.32 Å². The summed E-state index contributed by atoms with van der Waals surface area (Å²) in [6.45, 7) is 3.44. The van der Waals surface area contributed by atoms with Gasteiger partial charge in [0.2, 0.25) is 5.95 Å². The fraction of sp³-hybridized carbons (Fsp3) is 0. The number of aromatic amines is 1. The highest BCUT2D eigenvalue weighted by atomic mass is 15.3. The van der Waals surface area contributed by atoms with Crippen molar-refractivity contribution in [1.29, 1.82) is 0 Å². The summed E-state index contributed by atoms with van der Waals surface area (Å²) in [7, 11) is 0. The van der Waals surface area contributed by atoms with Crippen LogP contribution in [0.5, 0.6) is 0 Å². The molecule has 0 aliphatic heterocycles. The second-order valence-electron chi connectivity index (χ2n) is 1.18.